The Morgan fingerprint density at radius 2 is 2.38 bits per heavy atom. The fourth-order valence-electron chi connectivity index (χ4n) is 2.68. The van der Waals surface area contributed by atoms with E-state index in [1.807, 2.05) is 11.4 Å². The number of aromatic nitrogens is 1. The monoisotopic (exact) mass is 349 g/mol. The van der Waals surface area contributed by atoms with Crippen LogP contribution >= 0.6 is 11.3 Å². The molecule has 2 heterocycles. The highest BCUT2D eigenvalue weighted by Gasteiger charge is 2.26. The lowest BCUT2D eigenvalue weighted by Gasteiger charge is -2.36. The van der Waals surface area contributed by atoms with Crippen LogP contribution in [-0.4, -0.2) is 51.8 Å². The van der Waals surface area contributed by atoms with Gasteiger partial charge in [-0.15, -0.1) is 11.3 Å². The number of nitrogens with zero attached hydrogens (tertiary/aromatic N) is 3. The number of non-ortho nitro benzene ring substituents is 1. The number of hydrogen-bond acceptors (Lipinski definition) is 7. The summed E-state index contributed by atoms with van der Waals surface area (Å²) < 4.78 is 5.54. The number of benzene rings is 1. The summed E-state index contributed by atoms with van der Waals surface area (Å²) in [5.41, 5.74) is 1.74. The van der Waals surface area contributed by atoms with Crippen LogP contribution in [-0.2, 0) is 11.3 Å². The van der Waals surface area contributed by atoms with Crippen molar-refractivity contribution in [3.63, 3.8) is 0 Å². The van der Waals surface area contributed by atoms with Crippen LogP contribution < -0.4 is 0 Å². The Morgan fingerprint density at radius 3 is 3.12 bits per heavy atom. The zero-order valence-corrected chi connectivity index (χ0v) is 14.1. The first-order valence-electron chi connectivity index (χ1n) is 7.72. The SMILES string of the molecule is C[C@@H]1CO[C@@H](CO)CN1Cc1csc(-c2cccc([N+](=O)[O-])c2)n1. The fourth-order valence-corrected chi connectivity index (χ4v) is 3.49. The second-order valence-corrected chi connectivity index (χ2v) is 6.73. The lowest BCUT2D eigenvalue weighted by molar-refractivity contribution is -0.384. The van der Waals surface area contributed by atoms with Gasteiger partial charge in [0.15, 0.2) is 0 Å². The second kappa shape index (κ2) is 7.35. The van der Waals surface area contributed by atoms with Gasteiger partial charge >= 0.3 is 0 Å². The first-order chi connectivity index (χ1) is 11.6. The maximum absolute atomic E-state index is 10.9. The number of thiazole rings is 1. The summed E-state index contributed by atoms with van der Waals surface area (Å²) in [6.45, 7) is 4.03. The van der Waals surface area contributed by atoms with Crippen LogP contribution in [0.1, 0.15) is 12.6 Å². The molecule has 0 amide bonds. The number of aliphatic hydroxyl groups is 1. The molecule has 1 N–H and O–H groups in total. The molecule has 0 bridgehead atoms. The van der Waals surface area contributed by atoms with E-state index in [4.69, 9.17) is 4.74 Å². The Hall–Kier alpha value is -1.87. The quantitative estimate of drug-likeness (QED) is 0.658. The standard InChI is InChI=1S/C16H19N3O4S/c1-11-9-23-15(8-20)7-18(11)6-13-10-24-16(17-13)12-3-2-4-14(5-12)19(21)22/h2-5,10-11,15,20H,6-9H2,1H3/t11-,15-/m1/s1. The van der Waals surface area contributed by atoms with Crippen molar-refractivity contribution in [1.29, 1.82) is 0 Å². The molecule has 0 spiro atoms. The van der Waals surface area contributed by atoms with Crippen LogP contribution in [0.15, 0.2) is 29.6 Å². The number of nitro groups is 1. The third-order valence-corrected chi connectivity index (χ3v) is 5.00. The molecule has 8 heteroatoms. The minimum Gasteiger partial charge on any atom is -0.394 e. The van der Waals surface area contributed by atoms with E-state index in [1.54, 1.807) is 12.1 Å². The molecule has 1 aliphatic heterocycles. The van der Waals surface area contributed by atoms with Crippen LogP contribution in [0, 0.1) is 10.1 Å². The van der Waals surface area contributed by atoms with Gasteiger partial charge in [-0.1, -0.05) is 12.1 Å². The van der Waals surface area contributed by atoms with Gasteiger partial charge in [0, 0.05) is 42.2 Å². The molecule has 3 rings (SSSR count). The van der Waals surface area contributed by atoms with Crippen LogP contribution in [0.4, 0.5) is 5.69 Å². The van der Waals surface area contributed by atoms with Crippen molar-refractivity contribution in [1.82, 2.24) is 9.88 Å². The summed E-state index contributed by atoms with van der Waals surface area (Å²) in [6.07, 6.45) is -0.156. The molecular weight excluding hydrogens is 330 g/mol. The van der Waals surface area contributed by atoms with Gasteiger partial charge in [0.25, 0.3) is 5.69 Å². The van der Waals surface area contributed by atoms with Gasteiger partial charge in [0.1, 0.15) is 5.01 Å². The Kier molecular flexibility index (Phi) is 5.20. The smallest absolute Gasteiger partial charge is 0.270 e. The minimum absolute atomic E-state index is 0.0131. The zero-order chi connectivity index (χ0) is 17.1. The van der Waals surface area contributed by atoms with Crippen LogP contribution in [0.3, 0.4) is 0 Å². The minimum atomic E-state index is -0.400. The van der Waals surface area contributed by atoms with Crippen LogP contribution in [0.2, 0.25) is 0 Å². The summed E-state index contributed by atoms with van der Waals surface area (Å²) in [5.74, 6) is 0. The van der Waals surface area contributed by atoms with Crippen molar-refractivity contribution in [2.45, 2.75) is 25.6 Å². The second-order valence-electron chi connectivity index (χ2n) is 5.87. The molecule has 128 valence electrons. The van der Waals surface area contributed by atoms with Crippen molar-refractivity contribution < 1.29 is 14.8 Å². The summed E-state index contributed by atoms with van der Waals surface area (Å²) >= 11 is 1.48. The molecule has 1 aliphatic rings. The van der Waals surface area contributed by atoms with Crippen molar-refractivity contribution in [2.75, 3.05) is 19.8 Å². The van der Waals surface area contributed by atoms with Gasteiger partial charge in [0.2, 0.25) is 0 Å². The summed E-state index contributed by atoms with van der Waals surface area (Å²) in [6, 6.07) is 6.78. The number of nitro benzene ring substituents is 1. The molecule has 2 aromatic rings. The molecule has 24 heavy (non-hydrogen) atoms. The van der Waals surface area contributed by atoms with E-state index in [2.05, 4.69) is 16.8 Å². The first kappa shape index (κ1) is 17.0. The van der Waals surface area contributed by atoms with E-state index >= 15 is 0 Å². The molecule has 1 aromatic carbocycles. The maximum atomic E-state index is 10.9. The van der Waals surface area contributed by atoms with Gasteiger partial charge in [-0.2, -0.15) is 0 Å². The molecule has 0 saturated carbocycles. The molecule has 1 aromatic heterocycles. The van der Waals surface area contributed by atoms with Gasteiger partial charge < -0.3 is 9.84 Å². The molecule has 7 nitrogen and oxygen atoms in total. The largest absolute Gasteiger partial charge is 0.394 e. The first-order valence-corrected chi connectivity index (χ1v) is 8.60. The van der Waals surface area contributed by atoms with Crippen molar-refractivity contribution in [3.05, 3.63) is 45.5 Å². The van der Waals surface area contributed by atoms with Gasteiger partial charge in [0.05, 0.1) is 29.9 Å². The molecular formula is C16H19N3O4S. The average molecular weight is 349 g/mol. The number of hydrogen-bond donors (Lipinski definition) is 1. The van der Waals surface area contributed by atoms with Gasteiger partial charge in [-0.3, -0.25) is 15.0 Å². The highest BCUT2D eigenvalue weighted by atomic mass is 32.1. The van der Waals surface area contributed by atoms with E-state index in [0.29, 0.717) is 19.7 Å². The number of aliphatic hydroxyl groups excluding tert-OH is 1. The molecule has 1 fully saturated rings. The third kappa shape index (κ3) is 3.78. The van der Waals surface area contributed by atoms with E-state index in [1.165, 1.54) is 17.4 Å². The average Bonchev–Trinajstić information content (AvgIpc) is 3.05. The number of rotatable bonds is 5. The molecule has 2 atom stereocenters. The van der Waals surface area contributed by atoms with Crippen molar-refractivity contribution in [3.8, 4) is 10.6 Å². The Balaban J connectivity index is 1.73. The predicted octanol–water partition coefficient (Wildman–Crippen LogP) is 2.30. The van der Waals surface area contributed by atoms with E-state index in [-0.39, 0.29) is 24.4 Å². The normalized spacial score (nSPS) is 21.8. The Morgan fingerprint density at radius 1 is 1.54 bits per heavy atom. The third-order valence-electron chi connectivity index (χ3n) is 4.06. The van der Waals surface area contributed by atoms with Gasteiger partial charge in [-0.25, -0.2) is 4.98 Å². The predicted molar refractivity (Wildman–Crippen MR) is 90.9 cm³/mol. The lowest BCUT2D eigenvalue weighted by Crippen LogP contribution is -2.48. The molecule has 0 unspecified atom stereocenters. The molecule has 1 saturated heterocycles. The van der Waals surface area contributed by atoms with Crippen LogP contribution in [0.5, 0.6) is 0 Å². The maximum Gasteiger partial charge on any atom is 0.270 e. The lowest BCUT2D eigenvalue weighted by atomic mass is 10.2. The summed E-state index contributed by atoms with van der Waals surface area (Å²) in [4.78, 5) is 17.3. The van der Waals surface area contributed by atoms with E-state index < -0.39 is 4.92 Å². The highest BCUT2D eigenvalue weighted by Crippen LogP contribution is 2.27. The Bertz CT molecular complexity index is 721. The molecule has 0 radical (unpaired) electrons. The zero-order valence-electron chi connectivity index (χ0n) is 13.3. The topological polar surface area (TPSA) is 88.7 Å². The van der Waals surface area contributed by atoms with Crippen molar-refractivity contribution >= 4 is 17.0 Å². The summed E-state index contributed by atoms with van der Waals surface area (Å²) in [5, 5.41) is 22.9. The number of morpholine rings is 1. The van der Waals surface area contributed by atoms with Crippen molar-refractivity contribution in [2.24, 2.45) is 0 Å². The molecule has 0 aliphatic carbocycles. The van der Waals surface area contributed by atoms with Crippen LogP contribution in [0.25, 0.3) is 10.6 Å². The fraction of sp³-hybridized carbons (Fsp3) is 0.438. The Labute approximate surface area is 143 Å². The van der Waals surface area contributed by atoms with E-state index in [9.17, 15) is 15.2 Å². The number of ether oxygens (including phenoxy) is 1. The van der Waals surface area contributed by atoms with E-state index in [0.717, 1.165) is 16.3 Å². The highest BCUT2D eigenvalue weighted by molar-refractivity contribution is 7.13. The van der Waals surface area contributed by atoms with Gasteiger partial charge in [-0.05, 0) is 6.92 Å². The summed E-state index contributed by atoms with van der Waals surface area (Å²) in [7, 11) is 0.